The summed E-state index contributed by atoms with van der Waals surface area (Å²) >= 11 is 0. The van der Waals surface area contributed by atoms with Crippen molar-refractivity contribution >= 4 is 11.5 Å². The largest absolute Gasteiger partial charge is 0.497 e. The minimum absolute atomic E-state index is 0.0534. The second-order valence-corrected chi connectivity index (χ2v) is 5.42. The van der Waals surface area contributed by atoms with Gasteiger partial charge in [-0.15, -0.1) is 0 Å². The molecule has 0 bridgehead atoms. The third-order valence-corrected chi connectivity index (χ3v) is 3.62. The fourth-order valence-corrected chi connectivity index (χ4v) is 2.17. The topological polar surface area (TPSA) is 52.3 Å². The summed E-state index contributed by atoms with van der Waals surface area (Å²) in [7, 11) is 1.45. The molecule has 2 aromatic rings. The Hall–Kier alpha value is -2.36. The molecule has 0 aromatic heterocycles. The first kappa shape index (κ1) is 15.0. The lowest BCUT2D eigenvalue weighted by atomic mass is 9.78. The molecular weight excluding hydrogens is 269 g/mol. The fraction of sp³-hybridized carbons (Fsp3) is 0.235. The van der Waals surface area contributed by atoms with Crippen LogP contribution in [0.4, 0.5) is 10.1 Å². The van der Waals surface area contributed by atoms with Crippen molar-refractivity contribution in [2.24, 2.45) is 0 Å². The Morgan fingerprint density at radius 1 is 1.14 bits per heavy atom. The van der Waals surface area contributed by atoms with Gasteiger partial charge in [0.15, 0.2) is 5.78 Å². The van der Waals surface area contributed by atoms with E-state index in [1.165, 1.54) is 19.2 Å². The van der Waals surface area contributed by atoms with E-state index in [1.54, 1.807) is 44.2 Å². The van der Waals surface area contributed by atoms with Crippen molar-refractivity contribution in [1.29, 1.82) is 0 Å². The number of methoxy groups -OCH3 is 1. The van der Waals surface area contributed by atoms with Crippen LogP contribution in [0.15, 0.2) is 42.5 Å². The van der Waals surface area contributed by atoms with Crippen LogP contribution in [0.2, 0.25) is 0 Å². The summed E-state index contributed by atoms with van der Waals surface area (Å²) in [6, 6.07) is 11.3. The van der Waals surface area contributed by atoms with E-state index in [0.717, 1.165) is 5.56 Å². The Balaban J connectivity index is 2.40. The number of rotatable bonds is 4. The van der Waals surface area contributed by atoms with Crippen LogP contribution < -0.4 is 10.5 Å². The van der Waals surface area contributed by atoms with Gasteiger partial charge in [0.25, 0.3) is 0 Å². The molecule has 0 radical (unpaired) electrons. The van der Waals surface area contributed by atoms with Crippen molar-refractivity contribution in [1.82, 2.24) is 0 Å². The molecular formula is C17H18FNO2. The highest BCUT2D eigenvalue weighted by Gasteiger charge is 2.32. The zero-order valence-electron chi connectivity index (χ0n) is 12.3. The molecule has 0 amide bonds. The molecule has 2 N–H and O–H groups in total. The van der Waals surface area contributed by atoms with Crippen molar-refractivity contribution in [2.45, 2.75) is 19.3 Å². The molecule has 2 rings (SSSR count). The van der Waals surface area contributed by atoms with Gasteiger partial charge in [0, 0.05) is 11.8 Å². The number of ketones is 1. The normalized spacial score (nSPS) is 11.2. The predicted octanol–water partition coefficient (Wildman–Crippen LogP) is 3.58. The van der Waals surface area contributed by atoms with Gasteiger partial charge in [0.05, 0.1) is 18.1 Å². The predicted molar refractivity (Wildman–Crippen MR) is 81.2 cm³/mol. The first-order valence-electron chi connectivity index (χ1n) is 6.60. The molecule has 0 spiro atoms. The number of nitrogen functional groups attached to an aromatic ring is 1. The van der Waals surface area contributed by atoms with Crippen molar-refractivity contribution in [2.75, 3.05) is 12.8 Å². The van der Waals surface area contributed by atoms with Gasteiger partial charge in [-0.25, -0.2) is 4.39 Å². The summed E-state index contributed by atoms with van der Waals surface area (Å²) in [5, 5.41) is 0. The highest BCUT2D eigenvalue weighted by Crippen LogP contribution is 2.30. The number of Topliss-reactive ketones (excluding diaryl/α,β-unsaturated/α-hetero) is 1. The quantitative estimate of drug-likeness (QED) is 0.690. The Morgan fingerprint density at radius 3 is 2.29 bits per heavy atom. The van der Waals surface area contributed by atoms with Gasteiger partial charge in [-0.1, -0.05) is 12.1 Å². The van der Waals surface area contributed by atoms with Crippen LogP contribution >= 0.6 is 0 Å². The van der Waals surface area contributed by atoms with E-state index >= 15 is 0 Å². The maximum atomic E-state index is 14.1. The number of hydrogen-bond acceptors (Lipinski definition) is 3. The van der Waals surface area contributed by atoms with Crippen molar-refractivity contribution in [3.05, 3.63) is 59.4 Å². The molecule has 0 aliphatic carbocycles. The van der Waals surface area contributed by atoms with Gasteiger partial charge >= 0.3 is 0 Å². The number of ether oxygens (including phenoxy) is 1. The minimum atomic E-state index is -0.844. The van der Waals surface area contributed by atoms with Crippen LogP contribution in [0.5, 0.6) is 5.75 Å². The first-order chi connectivity index (χ1) is 9.86. The lowest BCUT2D eigenvalue weighted by molar-refractivity contribution is 0.0904. The van der Waals surface area contributed by atoms with E-state index < -0.39 is 11.2 Å². The van der Waals surface area contributed by atoms with Gasteiger partial charge < -0.3 is 10.5 Å². The van der Waals surface area contributed by atoms with Gasteiger partial charge in [0.1, 0.15) is 11.6 Å². The number of anilines is 1. The van der Waals surface area contributed by atoms with Crippen LogP contribution in [0.3, 0.4) is 0 Å². The van der Waals surface area contributed by atoms with Crippen molar-refractivity contribution < 1.29 is 13.9 Å². The van der Waals surface area contributed by atoms with Crippen LogP contribution in [-0.2, 0) is 5.41 Å². The van der Waals surface area contributed by atoms with E-state index in [-0.39, 0.29) is 11.3 Å². The Morgan fingerprint density at radius 2 is 1.76 bits per heavy atom. The number of nitrogens with two attached hydrogens (primary N) is 1. The third-order valence-electron chi connectivity index (χ3n) is 3.62. The van der Waals surface area contributed by atoms with E-state index in [9.17, 15) is 9.18 Å². The summed E-state index contributed by atoms with van der Waals surface area (Å²) in [6.45, 7) is 3.54. The van der Waals surface area contributed by atoms with Crippen LogP contribution in [-0.4, -0.2) is 12.9 Å². The lowest BCUT2D eigenvalue weighted by Gasteiger charge is -2.24. The summed E-state index contributed by atoms with van der Waals surface area (Å²) < 4.78 is 19.0. The molecule has 0 saturated heterocycles. The molecule has 21 heavy (non-hydrogen) atoms. The maximum absolute atomic E-state index is 14.1. The van der Waals surface area contributed by atoms with Gasteiger partial charge in [-0.2, -0.15) is 0 Å². The molecule has 0 aliphatic rings. The monoisotopic (exact) mass is 287 g/mol. The summed E-state index contributed by atoms with van der Waals surface area (Å²) in [5.74, 6) is -0.482. The smallest absolute Gasteiger partial charge is 0.175 e. The number of carbonyl (C=O) groups excluding carboxylic acids is 1. The summed E-state index contributed by atoms with van der Waals surface area (Å²) in [6.07, 6.45) is 0. The zero-order valence-corrected chi connectivity index (χ0v) is 12.3. The van der Waals surface area contributed by atoms with Gasteiger partial charge in [-0.05, 0) is 43.7 Å². The van der Waals surface area contributed by atoms with E-state index in [2.05, 4.69) is 0 Å². The second-order valence-electron chi connectivity index (χ2n) is 5.42. The Kier molecular flexibility index (Phi) is 3.98. The van der Waals surface area contributed by atoms with Crippen LogP contribution in [0.1, 0.15) is 29.8 Å². The molecule has 0 fully saturated rings. The molecule has 4 heteroatoms. The van der Waals surface area contributed by atoms with Gasteiger partial charge in [-0.3, -0.25) is 4.79 Å². The SMILES string of the molecule is COc1ccc(C(=O)C(C)(C)c2ccc(N)cc2)c(F)c1. The van der Waals surface area contributed by atoms with Crippen LogP contribution in [0, 0.1) is 5.82 Å². The zero-order chi connectivity index (χ0) is 15.6. The fourth-order valence-electron chi connectivity index (χ4n) is 2.17. The molecule has 0 saturated carbocycles. The number of halogens is 1. The maximum Gasteiger partial charge on any atom is 0.175 e. The lowest BCUT2D eigenvalue weighted by Crippen LogP contribution is -2.29. The number of carbonyl (C=O) groups is 1. The van der Waals surface area contributed by atoms with Gasteiger partial charge in [0.2, 0.25) is 0 Å². The second kappa shape index (κ2) is 5.56. The molecule has 0 atom stereocenters. The number of benzene rings is 2. The van der Waals surface area contributed by atoms with E-state index in [1.807, 2.05) is 0 Å². The van der Waals surface area contributed by atoms with Crippen LogP contribution in [0.25, 0.3) is 0 Å². The standard InChI is InChI=1S/C17H18FNO2/c1-17(2,11-4-6-12(19)7-5-11)16(20)14-9-8-13(21-3)10-15(14)18/h4-10H,19H2,1-3H3. The minimum Gasteiger partial charge on any atom is -0.497 e. The highest BCUT2D eigenvalue weighted by atomic mass is 19.1. The average Bonchev–Trinajstić information content (AvgIpc) is 2.46. The third kappa shape index (κ3) is 2.89. The Labute approximate surface area is 123 Å². The van der Waals surface area contributed by atoms with E-state index in [4.69, 9.17) is 10.5 Å². The number of hydrogen-bond donors (Lipinski definition) is 1. The van der Waals surface area contributed by atoms with Crippen molar-refractivity contribution in [3.63, 3.8) is 0 Å². The molecule has 2 aromatic carbocycles. The summed E-state index contributed by atoms with van der Waals surface area (Å²) in [4.78, 5) is 12.7. The van der Waals surface area contributed by atoms with E-state index in [0.29, 0.717) is 11.4 Å². The first-order valence-corrected chi connectivity index (χ1v) is 6.60. The molecule has 110 valence electrons. The highest BCUT2D eigenvalue weighted by molar-refractivity contribution is 6.03. The molecule has 0 heterocycles. The Bertz CT molecular complexity index is 663. The molecule has 3 nitrogen and oxygen atoms in total. The molecule has 0 aliphatic heterocycles. The summed E-state index contributed by atoms with van der Waals surface area (Å²) in [5.41, 5.74) is 6.28. The molecule has 0 unspecified atom stereocenters. The average molecular weight is 287 g/mol. The van der Waals surface area contributed by atoms with Crippen molar-refractivity contribution in [3.8, 4) is 5.75 Å².